The monoisotopic (exact) mass is 356 g/mol. The smallest absolute Gasteiger partial charge is 0.277 e. The summed E-state index contributed by atoms with van der Waals surface area (Å²) in [5, 5.41) is 0. The highest BCUT2D eigenvalue weighted by Crippen LogP contribution is 2.34. The van der Waals surface area contributed by atoms with Gasteiger partial charge < -0.3 is 9.64 Å². The molecule has 2 amide bonds. The summed E-state index contributed by atoms with van der Waals surface area (Å²) >= 11 is 0. The van der Waals surface area contributed by atoms with Gasteiger partial charge in [-0.1, -0.05) is 44.2 Å². The molecule has 26 heavy (non-hydrogen) atoms. The van der Waals surface area contributed by atoms with Crippen molar-refractivity contribution in [2.45, 2.75) is 26.7 Å². The molecule has 0 radical (unpaired) electrons. The van der Waals surface area contributed by atoms with Crippen LogP contribution in [-0.4, -0.2) is 55.0 Å². The Morgan fingerprint density at radius 2 is 1.69 bits per heavy atom. The molecule has 0 aliphatic carbocycles. The first-order chi connectivity index (χ1) is 12.5. The van der Waals surface area contributed by atoms with Crippen molar-refractivity contribution in [2.24, 2.45) is 11.8 Å². The first-order valence-electron chi connectivity index (χ1n) is 9.42. The molecule has 1 fully saturated rings. The largest absolute Gasteiger partial charge is 0.385 e. The van der Waals surface area contributed by atoms with Gasteiger partial charge in [0.1, 0.15) is 5.70 Å². The number of likely N-dealkylation sites (tertiary alicyclic amines) is 1. The van der Waals surface area contributed by atoms with E-state index in [0.29, 0.717) is 42.7 Å². The van der Waals surface area contributed by atoms with Gasteiger partial charge in [-0.05, 0) is 30.2 Å². The summed E-state index contributed by atoms with van der Waals surface area (Å²) in [7, 11) is 1.63. The summed E-state index contributed by atoms with van der Waals surface area (Å²) in [6, 6.07) is 9.57. The molecule has 0 spiro atoms. The van der Waals surface area contributed by atoms with E-state index in [1.54, 1.807) is 7.11 Å². The van der Waals surface area contributed by atoms with E-state index in [-0.39, 0.29) is 11.8 Å². The third-order valence-corrected chi connectivity index (χ3v) is 5.12. The van der Waals surface area contributed by atoms with Gasteiger partial charge in [0.25, 0.3) is 11.8 Å². The van der Waals surface area contributed by atoms with Crippen LogP contribution in [0.15, 0.2) is 36.0 Å². The molecule has 0 bridgehead atoms. The van der Waals surface area contributed by atoms with Gasteiger partial charge in [-0.25, -0.2) is 0 Å². The molecule has 0 aromatic heterocycles. The predicted molar refractivity (Wildman–Crippen MR) is 101 cm³/mol. The molecule has 1 aromatic carbocycles. The molecule has 2 aliphatic rings. The van der Waals surface area contributed by atoms with Gasteiger partial charge in [-0.15, -0.1) is 0 Å². The minimum atomic E-state index is -0.182. The predicted octanol–water partition coefficient (Wildman–Crippen LogP) is 2.78. The molecule has 1 saturated heterocycles. The molecule has 0 saturated carbocycles. The zero-order chi connectivity index (χ0) is 18.7. The minimum absolute atomic E-state index is 0.161. The SMILES string of the molecule is COCCCN1C(=O)C(c2ccccc2)=C(N2CC(C)CC(C)C2)C1=O. The second-order valence-corrected chi connectivity index (χ2v) is 7.55. The lowest BCUT2D eigenvalue weighted by Crippen LogP contribution is -2.42. The van der Waals surface area contributed by atoms with Crippen LogP contribution < -0.4 is 0 Å². The van der Waals surface area contributed by atoms with E-state index < -0.39 is 0 Å². The summed E-state index contributed by atoms with van der Waals surface area (Å²) in [6.45, 7) is 6.99. The van der Waals surface area contributed by atoms with E-state index in [2.05, 4.69) is 18.7 Å². The van der Waals surface area contributed by atoms with Crippen LogP contribution in [0.25, 0.3) is 5.57 Å². The molecule has 0 N–H and O–H groups in total. The van der Waals surface area contributed by atoms with Gasteiger partial charge in [0, 0.05) is 33.4 Å². The Morgan fingerprint density at radius 1 is 1.04 bits per heavy atom. The summed E-state index contributed by atoms with van der Waals surface area (Å²) in [4.78, 5) is 29.8. The molecule has 5 nitrogen and oxygen atoms in total. The van der Waals surface area contributed by atoms with E-state index in [1.807, 2.05) is 30.3 Å². The average Bonchev–Trinajstić information content (AvgIpc) is 2.86. The second-order valence-electron chi connectivity index (χ2n) is 7.55. The molecule has 2 heterocycles. The third-order valence-electron chi connectivity index (χ3n) is 5.12. The van der Waals surface area contributed by atoms with Crippen molar-refractivity contribution in [3.8, 4) is 0 Å². The minimum Gasteiger partial charge on any atom is -0.385 e. The maximum absolute atomic E-state index is 13.2. The van der Waals surface area contributed by atoms with E-state index in [9.17, 15) is 9.59 Å². The van der Waals surface area contributed by atoms with Crippen LogP contribution in [0, 0.1) is 11.8 Å². The van der Waals surface area contributed by atoms with Crippen molar-refractivity contribution in [3.63, 3.8) is 0 Å². The van der Waals surface area contributed by atoms with Gasteiger partial charge in [0.05, 0.1) is 5.57 Å². The second kappa shape index (κ2) is 8.04. The topological polar surface area (TPSA) is 49.9 Å². The normalized spacial score (nSPS) is 24.0. The fraction of sp³-hybridized carbons (Fsp3) is 0.524. The van der Waals surface area contributed by atoms with Crippen molar-refractivity contribution in [1.82, 2.24) is 9.80 Å². The third kappa shape index (κ3) is 3.68. The van der Waals surface area contributed by atoms with Crippen LogP contribution in [-0.2, 0) is 14.3 Å². The van der Waals surface area contributed by atoms with Crippen LogP contribution in [0.2, 0.25) is 0 Å². The van der Waals surface area contributed by atoms with Crippen molar-refractivity contribution in [2.75, 3.05) is 33.4 Å². The molecule has 2 unspecified atom stereocenters. The van der Waals surface area contributed by atoms with E-state index >= 15 is 0 Å². The Kier molecular flexibility index (Phi) is 5.77. The first kappa shape index (κ1) is 18.6. The summed E-state index contributed by atoms with van der Waals surface area (Å²) in [5.74, 6) is 0.673. The zero-order valence-electron chi connectivity index (χ0n) is 15.9. The van der Waals surface area contributed by atoms with E-state index in [0.717, 1.165) is 25.1 Å². The Hall–Kier alpha value is -2.14. The summed E-state index contributed by atoms with van der Waals surface area (Å²) < 4.78 is 5.08. The fourth-order valence-electron chi connectivity index (χ4n) is 4.14. The molecular formula is C21H28N2O3. The van der Waals surface area contributed by atoms with Crippen molar-refractivity contribution >= 4 is 17.4 Å². The van der Waals surface area contributed by atoms with Crippen LogP contribution >= 0.6 is 0 Å². The standard InChI is InChI=1S/C21H28N2O3/c1-15-12-16(2)14-22(13-15)19-18(17-8-5-4-6-9-17)20(24)23(21(19)25)10-7-11-26-3/h4-6,8-9,15-16H,7,10-14H2,1-3H3. The molecule has 2 atom stereocenters. The van der Waals surface area contributed by atoms with Crippen molar-refractivity contribution in [1.29, 1.82) is 0 Å². The number of piperidine rings is 1. The molecule has 140 valence electrons. The van der Waals surface area contributed by atoms with Gasteiger partial charge in [-0.2, -0.15) is 0 Å². The number of amides is 2. The highest BCUT2D eigenvalue weighted by Gasteiger charge is 2.42. The van der Waals surface area contributed by atoms with E-state index in [4.69, 9.17) is 4.74 Å². The summed E-state index contributed by atoms with van der Waals surface area (Å²) in [5.41, 5.74) is 1.95. The first-order valence-corrected chi connectivity index (χ1v) is 9.42. The number of methoxy groups -OCH3 is 1. The Morgan fingerprint density at radius 3 is 2.31 bits per heavy atom. The van der Waals surface area contributed by atoms with Gasteiger partial charge >= 0.3 is 0 Å². The molecule has 5 heteroatoms. The lowest BCUT2D eigenvalue weighted by atomic mass is 9.91. The fourth-order valence-corrected chi connectivity index (χ4v) is 4.14. The van der Waals surface area contributed by atoms with Gasteiger partial charge in [0.15, 0.2) is 0 Å². The number of nitrogens with zero attached hydrogens (tertiary/aromatic N) is 2. The van der Waals surface area contributed by atoms with Crippen LogP contribution in [0.1, 0.15) is 32.3 Å². The lowest BCUT2D eigenvalue weighted by molar-refractivity contribution is -0.137. The zero-order valence-corrected chi connectivity index (χ0v) is 15.9. The maximum Gasteiger partial charge on any atom is 0.277 e. The lowest BCUT2D eigenvalue weighted by Gasteiger charge is -2.37. The highest BCUT2D eigenvalue weighted by atomic mass is 16.5. The number of hydrogen-bond acceptors (Lipinski definition) is 4. The maximum atomic E-state index is 13.2. The number of carbonyl (C=O) groups excluding carboxylic acids is 2. The molecule has 2 aliphatic heterocycles. The van der Waals surface area contributed by atoms with Crippen LogP contribution in [0.3, 0.4) is 0 Å². The van der Waals surface area contributed by atoms with Crippen LogP contribution in [0.5, 0.6) is 0 Å². The summed E-state index contributed by atoms with van der Waals surface area (Å²) in [6.07, 6.45) is 1.81. The Bertz CT molecular complexity index is 688. The number of benzene rings is 1. The number of carbonyl (C=O) groups is 2. The van der Waals surface area contributed by atoms with Crippen LogP contribution in [0.4, 0.5) is 0 Å². The molecule has 1 aromatic rings. The highest BCUT2D eigenvalue weighted by molar-refractivity contribution is 6.35. The molecular weight excluding hydrogens is 328 g/mol. The number of hydrogen-bond donors (Lipinski definition) is 0. The Labute approximate surface area is 155 Å². The number of imide groups is 1. The Balaban J connectivity index is 1.97. The number of ether oxygens (including phenoxy) is 1. The number of rotatable bonds is 6. The molecule has 3 rings (SSSR count). The quantitative estimate of drug-likeness (QED) is 0.581. The van der Waals surface area contributed by atoms with Crippen molar-refractivity contribution < 1.29 is 14.3 Å². The average molecular weight is 356 g/mol. The van der Waals surface area contributed by atoms with Gasteiger partial charge in [0.2, 0.25) is 0 Å². The van der Waals surface area contributed by atoms with Crippen molar-refractivity contribution in [3.05, 3.63) is 41.6 Å². The van der Waals surface area contributed by atoms with E-state index in [1.165, 1.54) is 4.90 Å². The van der Waals surface area contributed by atoms with Gasteiger partial charge in [-0.3, -0.25) is 14.5 Å².